The van der Waals surface area contributed by atoms with E-state index in [1.807, 2.05) is 6.21 Å². The molecule has 0 fully saturated rings. The Morgan fingerprint density at radius 1 is 0.354 bits per heavy atom. The highest BCUT2D eigenvalue weighted by Gasteiger charge is 2.33. The lowest BCUT2D eigenvalue weighted by Gasteiger charge is -2.33. The van der Waals surface area contributed by atoms with Crippen LogP contribution in [0.15, 0.2) is 175 Å². The van der Waals surface area contributed by atoms with Crippen molar-refractivity contribution in [3.63, 3.8) is 0 Å². The topological polar surface area (TPSA) is 12.4 Å². The van der Waals surface area contributed by atoms with Crippen molar-refractivity contribution in [1.29, 1.82) is 0 Å². The molecule has 0 aromatic heterocycles. The van der Waals surface area contributed by atoms with E-state index in [-0.39, 0.29) is 12.0 Å². The lowest BCUT2D eigenvalue weighted by atomic mass is 9.74. The van der Waals surface area contributed by atoms with Gasteiger partial charge in [-0.05, 0) is 107 Å². The zero-order valence-electron chi connectivity index (χ0n) is 26.3. The number of dihydropyridines is 1. The van der Waals surface area contributed by atoms with Crippen molar-refractivity contribution in [2.24, 2.45) is 4.99 Å². The monoisotopic (exact) mass is 609 g/mol. The van der Waals surface area contributed by atoms with E-state index in [4.69, 9.17) is 4.99 Å². The molecule has 0 spiro atoms. The number of benzene rings is 7. The molecule has 0 amide bonds. The summed E-state index contributed by atoms with van der Waals surface area (Å²) in [5.74, 6) is 0.261. The molecule has 7 aromatic rings. The normalized spacial score (nSPS) is 16.2. The summed E-state index contributed by atoms with van der Waals surface area (Å²) >= 11 is 0. The maximum absolute atomic E-state index is 5.00. The van der Waals surface area contributed by atoms with Gasteiger partial charge < -0.3 is 0 Å². The third-order valence-corrected chi connectivity index (χ3v) is 10.5. The standard InChI is InChI=1S/C47H31N/c1-2-15-35-34(14-1)36-16-3-5-18-39(36)43-23-10-22-33(46(43)42-21-8-7-19-38(35)42)32-13-9-12-30(28-32)31-25-26-41-37-17-4-6-20-40(37)44-24-11-27-48-47(44)45(41)29-31/h1-29,44,47H. The first-order valence-corrected chi connectivity index (χ1v) is 16.8. The highest BCUT2D eigenvalue weighted by atomic mass is 14.8. The molecule has 1 nitrogen and oxygen atoms in total. The van der Waals surface area contributed by atoms with Crippen molar-refractivity contribution < 1.29 is 0 Å². The second-order valence-electron chi connectivity index (χ2n) is 13.0. The van der Waals surface area contributed by atoms with E-state index in [9.17, 15) is 0 Å². The van der Waals surface area contributed by atoms with Crippen LogP contribution in [-0.2, 0) is 0 Å². The molecule has 10 rings (SSSR count). The van der Waals surface area contributed by atoms with E-state index in [1.54, 1.807) is 0 Å². The van der Waals surface area contributed by atoms with Crippen LogP contribution in [0.3, 0.4) is 0 Å². The molecule has 7 aromatic carbocycles. The number of hydrogen-bond acceptors (Lipinski definition) is 1. The Labute approximate surface area is 281 Å². The summed E-state index contributed by atoms with van der Waals surface area (Å²) in [6.07, 6.45) is 6.37. The minimum atomic E-state index is 0.0938. The number of aliphatic imine (C=N–C) groups is 1. The van der Waals surface area contributed by atoms with Crippen LogP contribution >= 0.6 is 0 Å². The fourth-order valence-electron chi connectivity index (χ4n) is 8.34. The fraction of sp³-hybridized carbons (Fsp3) is 0.0426. The van der Waals surface area contributed by atoms with Crippen LogP contribution in [0.1, 0.15) is 23.1 Å². The first-order valence-electron chi connectivity index (χ1n) is 16.8. The third kappa shape index (κ3) is 4.08. The van der Waals surface area contributed by atoms with Crippen LogP contribution in [0.2, 0.25) is 0 Å². The minimum Gasteiger partial charge on any atom is -0.284 e. The summed E-state index contributed by atoms with van der Waals surface area (Å²) in [5, 5.41) is 0. The smallest absolute Gasteiger partial charge is 0.0858 e. The Morgan fingerprint density at radius 3 is 1.62 bits per heavy atom. The van der Waals surface area contributed by atoms with E-state index in [0.717, 1.165) is 0 Å². The molecular weight excluding hydrogens is 579 g/mol. The Morgan fingerprint density at radius 2 is 0.875 bits per heavy atom. The number of nitrogens with zero attached hydrogens (tertiary/aromatic N) is 1. The molecule has 1 heterocycles. The van der Waals surface area contributed by atoms with Gasteiger partial charge >= 0.3 is 0 Å². The molecular formula is C47H31N. The van der Waals surface area contributed by atoms with Crippen LogP contribution in [0, 0.1) is 0 Å². The Hall–Kier alpha value is -6.05. The molecule has 0 radical (unpaired) electrons. The van der Waals surface area contributed by atoms with Gasteiger partial charge in [-0.2, -0.15) is 0 Å². The number of hydrogen-bond donors (Lipinski definition) is 0. The average molecular weight is 610 g/mol. The second kappa shape index (κ2) is 10.8. The predicted molar refractivity (Wildman–Crippen MR) is 201 cm³/mol. The van der Waals surface area contributed by atoms with Gasteiger partial charge in [-0.25, -0.2) is 0 Å². The Kier molecular flexibility index (Phi) is 6.07. The van der Waals surface area contributed by atoms with Gasteiger partial charge in [0.25, 0.3) is 0 Å². The third-order valence-electron chi connectivity index (χ3n) is 10.5. The molecule has 48 heavy (non-hydrogen) atoms. The summed E-state index contributed by atoms with van der Waals surface area (Å²) < 4.78 is 0. The van der Waals surface area contributed by atoms with Crippen molar-refractivity contribution in [2.75, 3.05) is 0 Å². The first kappa shape index (κ1) is 27.1. The highest BCUT2D eigenvalue weighted by molar-refractivity contribution is 6.07. The van der Waals surface area contributed by atoms with Crippen LogP contribution in [0.5, 0.6) is 0 Å². The lowest BCUT2D eigenvalue weighted by molar-refractivity contribution is 0.638. The van der Waals surface area contributed by atoms with E-state index < -0.39 is 0 Å². The summed E-state index contributed by atoms with van der Waals surface area (Å²) in [6, 6.07) is 58.4. The molecule has 224 valence electrons. The first-order chi connectivity index (χ1) is 23.8. The summed E-state index contributed by atoms with van der Waals surface area (Å²) in [4.78, 5) is 5.00. The number of fused-ring (bicyclic) bond motifs is 14. The van der Waals surface area contributed by atoms with Crippen molar-refractivity contribution in [3.05, 3.63) is 181 Å². The van der Waals surface area contributed by atoms with Crippen LogP contribution in [0.4, 0.5) is 0 Å². The predicted octanol–water partition coefficient (Wildman–Crippen LogP) is 12.4. The molecule has 2 unspecified atom stereocenters. The zero-order chi connectivity index (χ0) is 31.6. The van der Waals surface area contributed by atoms with Gasteiger partial charge in [0, 0.05) is 12.1 Å². The maximum atomic E-state index is 5.00. The molecule has 0 N–H and O–H groups in total. The minimum absolute atomic E-state index is 0.0938. The highest BCUT2D eigenvalue weighted by Crippen LogP contribution is 2.52. The van der Waals surface area contributed by atoms with Gasteiger partial charge in [0.15, 0.2) is 0 Å². The summed E-state index contributed by atoms with van der Waals surface area (Å²) in [5.41, 5.74) is 20.3. The summed E-state index contributed by atoms with van der Waals surface area (Å²) in [7, 11) is 0. The Bertz CT molecular complexity index is 2470. The molecule has 0 saturated heterocycles. The van der Waals surface area contributed by atoms with Gasteiger partial charge in [-0.15, -0.1) is 0 Å². The molecule has 1 heteroatoms. The second-order valence-corrected chi connectivity index (χ2v) is 13.0. The van der Waals surface area contributed by atoms with Crippen molar-refractivity contribution in [1.82, 2.24) is 0 Å². The molecule has 0 saturated carbocycles. The largest absolute Gasteiger partial charge is 0.284 e. The maximum Gasteiger partial charge on any atom is 0.0858 e. The van der Waals surface area contributed by atoms with E-state index in [0.29, 0.717) is 0 Å². The SMILES string of the molecule is C1=CC2c3ccccc3-c3ccc(-c4cccc(-c5cccc6c5-c5ccccc5-c5ccccc5-c5ccccc5-6)c4)cc3C2N=C1. The van der Waals surface area contributed by atoms with Crippen LogP contribution in [0.25, 0.3) is 77.9 Å². The zero-order valence-corrected chi connectivity index (χ0v) is 26.3. The quantitative estimate of drug-likeness (QED) is 0.185. The summed E-state index contributed by atoms with van der Waals surface area (Å²) in [6.45, 7) is 0. The molecule has 0 bridgehead atoms. The van der Waals surface area contributed by atoms with E-state index >= 15 is 0 Å². The van der Waals surface area contributed by atoms with E-state index in [1.165, 1.54) is 89.0 Å². The van der Waals surface area contributed by atoms with Gasteiger partial charge in [-0.1, -0.05) is 152 Å². The fourth-order valence-corrected chi connectivity index (χ4v) is 8.34. The number of allylic oxidation sites excluding steroid dienone is 1. The van der Waals surface area contributed by atoms with Crippen LogP contribution in [-0.4, -0.2) is 6.21 Å². The molecule has 1 aliphatic heterocycles. The average Bonchev–Trinajstić information content (AvgIpc) is 3.17. The van der Waals surface area contributed by atoms with Crippen LogP contribution < -0.4 is 0 Å². The van der Waals surface area contributed by atoms with Crippen molar-refractivity contribution in [2.45, 2.75) is 12.0 Å². The van der Waals surface area contributed by atoms with Crippen molar-refractivity contribution in [3.8, 4) is 77.9 Å². The van der Waals surface area contributed by atoms with E-state index in [2.05, 4.69) is 170 Å². The molecule has 3 aliphatic rings. The van der Waals surface area contributed by atoms with Gasteiger partial charge in [0.05, 0.1) is 6.04 Å². The lowest BCUT2D eigenvalue weighted by Crippen LogP contribution is -2.17. The Balaban J connectivity index is 1.16. The van der Waals surface area contributed by atoms with Gasteiger partial charge in [-0.3, -0.25) is 4.99 Å². The van der Waals surface area contributed by atoms with Gasteiger partial charge in [0.1, 0.15) is 0 Å². The van der Waals surface area contributed by atoms with Crippen molar-refractivity contribution >= 4 is 6.21 Å². The molecule has 2 atom stereocenters. The number of rotatable bonds is 2. The van der Waals surface area contributed by atoms with Gasteiger partial charge in [0.2, 0.25) is 0 Å². The molecule has 2 aliphatic carbocycles.